The number of hydrogen-bond donors (Lipinski definition) is 2. The molecule has 0 amide bonds. The molecule has 0 spiro atoms. The molecule has 1 aromatic heterocycles. The minimum absolute atomic E-state index is 0. The second kappa shape index (κ2) is 11.7. The minimum atomic E-state index is 0. The highest BCUT2D eigenvalue weighted by atomic mass is 127. The molecule has 2 heterocycles. The summed E-state index contributed by atoms with van der Waals surface area (Å²) in [6.45, 7) is 3.47. The first kappa shape index (κ1) is 23.1. The van der Waals surface area contributed by atoms with Gasteiger partial charge in [0.15, 0.2) is 5.96 Å². The number of nitrogens with one attached hydrogen (secondary N) is 2. The van der Waals surface area contributed by atoms with E-state index in [-0.39, 0.29) is 24.0 Å². The first-order chi connectivity index (χ1) is 13.7. The van der Waals surface area contributed by atoms with Crippen LogP contribution in [0.5, 0.6) is 11.5 Å². The SMILES string of the molecule is CN=C(NCc1ccnc(N2CCCC2)c1)NCc1ccc(OC)cc1OC.I. The van der Waals surface area contributed by atoms with E-state index in [1.807, 2.05) is 30.5 Å². The summed E-state index contributed by atoms with van der Waals surface area (Å²) in [4.78, 5) is 11.2. The zero-order valence-corrected chi connectivity index (χ0v) is 19.6. The van der Waals surface area contributed by atoms with Crippen LogP contribution in [0.3, 0.4) is 0 Å². The van der Waals surface area contributed by atoms with Gasteiger partial charge in [-0.15, -0.1) is 24.0 Å². The number of aromatic nitrogens is 1. The molecule has 0 radical (unpaired) electrons. The molecular formula is C21H30IN5O2. The third-order valence-electron chi connectivity index (χ3n) is 4.86. The van der Waals surface area contributed by atoms with Gasteiger partial charge in [0, 0.05) is 51.1 Å². The van der Waals surface area contributed by atoms with E-state index in [0.717, 1.165) is 41.9 Å². The van der Waals surface area contributed by atoms with Crippen molar-refractivity contribution in [1.82, 2.24) is 15.6 Å². The molecule has 1 saturated heterocycles. The number of nitrogens with zero attached hydrogens (tertiary/aromatic N) is 3. The molecule has 0 bridgehead atoms. The van der Waals surface area contributed by atoms with Crippen molar-refractivity contribution < 1.29 is 9.47 Å². The van der Waals surface area contributed by atoms with Crippen molar-refractivity contribution >= 4 is 35.8 Å². The Morgan fingerprint density at radius 3 is 2.52 bits per heavy atom. The molecule has 2 N–H and O–H groups in total. The Kier molecular flexibility index (Phi) is 9.30. The summed E-state index contributed by atoms with van der Waals surface area (Å²) in [5.41, 5.74) is 2.22. The Labute approximate surface area is 189 Å². The monoisotopic (exact) mass is 511 g/mol. The van der Waals surface area contributed by atoms with Gasteiger partial charge < -0.3 is 25.0 Å². The van der Waals surface area contributed by atoms with E-state index >= 15 is 0 Å². The molecule has 0 unspecified atom stereocenters. The summed E-state index contributed by atoms with van der Waals surface area (Å²) in [6, 6.07) is 9.98. The van der Waals surface area contributed by atoms with E-state index in [1.165, 1.54) is 18.4 Å². The lowest BCUT2D eigenvalue weighted by Crippen LogP contribution is -2.36. The highest BCUT2D eigenvalue weighted by molar-refractivity contribution is 14.0. The Hall–Kier alpha value is -2.23. The Morgan fingerprint density at radius 1 is 1.07 bits per heavy atom. The molecule has 1 aliphatic rings. The van der Waals surface area contributed by atoms with Crippen LogP contribution in [0.15, 0.2) is 41.5 Å². The first-order valence-electron chi connectivity index (χ1n) is 9.59. The number of halogens is 1. The van der Waals surface area contributed by atoms with Crippen LogP contribution >= 0.6 is 24.0 Å². The van der Waals surface area contributed by atoms with Crippen LogP contribution in [0.4, 0.5) is 5.82 Å². The van der Waals surface area contributed by atoms with Crippen LogP contribution < -0.4 is 25.0 Å². The van der Waals surface area contributed by atoms with Gasteiger partial charge in [-0.2, -0.15) is 0 Å². The predicted molar refractivity (Wildman–Crippen MR) is 128 cm³/mol. The number of pyridine rings is 1. The van der Waals surface area contributed by atoms with E-state index in [1.54, 1.807) is 21.3 Å². The maximum absolute atomic E-state index is 5.45. The maximum Gasteiger partial charge on any atom is 0.191 e. The number of rotatable bonds is 7. The number of benzene rings is 1. The van der Waals surface area contributed by atoms with Crippen molar-refractivity contribution in [3.05, 3.63) is 47.7 Å². The minimum Gasteiger partial charge on any atom is -0.497 e. The molecule has 3 rings (SSSR count). The Morgan fingerprint density at radius 2 is 1.83 bits per heavy atom. The lowest BCUT2D eigenvalue weighted by atomic mass is 10.2. The van der Waals surface area contributed by atoms with Crippen LogP contribution in [-0.2, 0) is 13.1 Å². The number of anilines is 1. The zero-order chi connectivity index (χ0) is 19.8. The lowest BCUT2D eigenvalue weighted by Gasteiger charge is -2.18. The van der Waals surface area contributed by atoms with Gasteiger partial charge in [-0.25, -0.2) is 4.98 Å². The van der Waals surface area contributed by atoms with Gasteiger partial charge in [0.1, 0.15) is 17.3 Å². The molecule has 2 aromatic rings. The second-order valence-electron chi connectivity index (χ2n) is 6.67. The van der Waals surface area contributed by atoms with Crippen molar-refractivity contribution in [3.63, 3.8) is 0 Å². The third kappa shape index (κ3) is 6.38. The van der Waals surface area contributed by atoms with Gasteiger partial charge in [-0.3, -0.25) is 4.99 Å². The molecule has 1 fully saturated rings. The second-order valence-corrected chi connectivity index (χ2v) is 6.67. The highest BCUT2D eigenvalue weighted by Crippen LogP contribution is 2.24. The van der Waals surface area contributed by atoms with Gasteiger partial charge in [0.05, 0.1) is 14.2 Å². The van der Waals surface area contributed by atoms with Crippen LogP contribution in [-0.4, -0.2) is 45.3 Å². The van der Waals surface area contributed by atoms with Crippen LogP contribution in [0.1, 0.15) is 24.0 Å². The quantitative estimate of drug-likeness (QED) is 0.338. The maximum atomic E-state index is 5.45. The zero-order valence-electron chi connectivity index (χ0n) is 17.3. The van der Waals surface area contributed by atoms with Crippen LogP contribution in [0.2, 0.25) is 0 Å². The number of hydrogen-bond acceptors (Lipinski definition) is 5. The van der Waals surface area contributed by atoms with Gasteiger partial charge in [0.2, 0.25) is 0 Å². The number of guanidine groups is 1. The number of ether oxygens (including phenoxy) is 2. The fraction of sp³-hybridized carbons (Fsp3) is 0.429. The van der Waals surface area contributed by atoms with Crippen LogP contribution in [0, 0.1) is 0 Å². The van der Waals surface area contributed by atoms with Crippen molar-refractivity contribution in [3.8, 4) is 11.5 Å². The summed E-state index contributed by atoms with van der Waals surface area (Å²) >= 11 is 0. The average Bonchev–Trinajstić information content (AvgIpc) is 3.29. The molecule has 1 aromatic carbocycles. The molecule has 0 atom stereocenters. The average molecular weight is 511 g/mol. The summed E-state index contributed by atoms with van der Waals surface area (Å²) in [7, 11) is 5.07. The lowest BCUT2D eigenvalue weighted by molar-refractivity contribution is 0.390. The molecule has 8 heteroatoms. The topological polar surface area (TPSA) is 71.0 Å². The molecular weight excluding hydrogens is 481 g/mol. The van der Waals surface area contributed by atoms with E-state index in [0.29, 0.717) is 13.1 Å². The van der Waals surface area contributed by atoms with Crippen molar-refractivity contribution in [1.29, 1.82) is 0 Å². The molecule has 7 nitrogen and oxygen atoms in total. The van der Waals surface area contributed by atoms with Crippen molar-refractivity contribution in [2.75, 3.05) is 39.3 Å². The largest absolute Gasteiger partial charge is 0.497 e. The van der Waals surface area contributed by atoms with Crippen molar-refractivity contribution in [2.24, 2.45) is 4.99 Å². The molecule has 158 valence electrons. The van der Waals surface area contributed by atoms with E-state index in [9.17, 15) is 0 Å². The smallest absolute Gasteiger partial charge is 0.191 e. The van der Waals surface area contributed by atoms with Crippen LogP contribution in [0.25, 0.3) is 0 Å². The van der Waals surface area contributed by atoms with Gasteiger partial charge >= 0.3 is 0 Å². The summed E-state index contributed by atoms with van der Waals surface area (Å²) < 4.78 is 10.7. The van der Waals surface area contributed by atoms with E-state index < -0.39 is 0 Å². The molecule has 0 aliphatic carbocycles. The molecule has 29 heavy (non-hydrogen) atoms. The Balaban J connectivity index is 0.00000300. The first-order valence-corrected chi connectivity index (χ1v) is 9.59. The fourth-order valence-electron chi connectivity index (χ4n) is 3.27. The summed E-state index contributed by atoms with van der Waals surface area (Å²) in [5, 5.41) is 6.69. The fourth-order valence-corrected chi connectivity index (χ4v) is 3.27. The van der Waals surface area contributed by atoms with Crippen molar-refractivity contribution in [2.45, 2.75) is 25.9 Å². The van der Waals surface area contributed by atoms with Gasteiger partial charge in [0.25, 0.3) is 0 Å². The summed E-state index contributed by atoms with van der Waals surface area (Å²) in [5.74, 6) is 3.35. The number of aliphatic imine (C=N–C) groups is 1. The number of methoxy groups -OCH3 is 2. The van der Waals surface area contributed by atoms with E-state index in [2.05, 4.69) is 31.6 Å². The normalized spacial score (nSPS) is 13.6. The van der Waals surface area contributed by atoms with Gasteiger partial charge in [-0.1, -0.05) is 0 Å². The Bertz CT molecular complexity index is 809. The summed E-state index contributed by atoms with van der Waals surface area (Å²) in [6.07, 6.45) is 4.37. The highest BCUT2D eigenvalue weighted by Gasteiger charge is 2.13. The van der Waals surface area contributed by atoms with E-state index in [4.69, 9.17) is 9.47 Å². The third-order valence-corrected chi connectivity index (χ3v) is 4.86. The predicted octanol–water partition coefficient (Wildman–Crippen LogP) is 3.18. The molecule has 1 aliphatic heterocycles. The standard InChI is InChI=1S/C21H29N5O2.HI/c1-22-21(25-15-17-6-7-18(27-2)13-19(17)28-3)24-14-16-8-9-23-20(12-16)26-10-4-5-11-26;/h6-9,12-13H,4-5,10-11,14-15H2,1-3H3,(H2,22,24,25);1H. The molecule has 0 saturated carbocycles. The van der Waals surface area contributed by atoms with Gasteiger partial charge in [-0.05, 0) is 42.7 Å².